The molecule has 1 aliphatic carbocycles. The molecule has 2 atom stereocenters. The molecule has 82 valence electrons. The summed E-state index contributed by atoms with van der Waals surface area (Å²) < 4.78 is 6.63. The summed E-state index contributed by atoms with van der Waals surface area (Å²) in [4.78, 5) is 0. The van der Waals surface area contributed by atoms with Gasteiger partial charge in [0.2, 0.25) is 0 Å². The van der Waals surface area contributed by atoms with Crippen LogP contribution in [-0.4, -0.2) is 48.7 Å². The predicted molar refractivity (Wildman–Crippen MR) is 54.8 cm³/mol. The molecule has 0 spiro atoms. The van der Waals surface area contributed by atoms with Gasteiger partial charge in [-0.1, -0.05) is 6.42 Å². The van der Waals surface area contributed by atoms with E-state index in [1.807, 2.05) is 0 Å². The molecule has 3 heteroatoms. The Morgan fingerprint density at radius 1 is 1.29 bits per heavy atom. The maximum Gasteiger partial charge on any atom is 0.183 e. The molecule has 1 saturated heterocycles. The van der Waals surface area contributed by atoms with Crippen LogP contribution in [0.25, 0.3) is 0 Å². The van der Waals surface area contributed by atoms with Gasteiger partial charge in [-0.15, -0.1) is 0 Å². The van der Waals surface area contributed by atoms with Crippen molar-refractivity contribution in [3.63, 3.8) is 0 Å². The molecule has 0 amide bonds. The summed E-state index contributed by atoms with van der Waals surface area (Å²) in [6, 6.07) is 0.778. The van der Waals surface area contributed by atoms with Crippen LogP contribution < -0.4 is 0 Å². The third-order valence-corrected chi connectivity index (χ3v) is 3.89. The highest BCUT2D eigenvalue weighted by Gasteiger charge is 2.41. The number of aliphatic hydroxyl groups is 1. The highest BCUT2D eigenvalue weighted by molar-refractivity contribution is 4.70. The Bertz CT molecular complexity index is 192. The Morgan fingerprint density at radius 2 is 2.00 bits per heavy atom. The maximum atomic E-state index is 9.06. The van der Waals surface area contributed by atoms with Crippen molar-refractivity contribution in [3.8, 4) is 0 Å². The lowest BCUT2D eigenvalue weighted by molar-refractivity contribution is -0.932. The normalized spacial score (nSPS) is 40.3. The minimum Gasteiger partial charge on any atom is -0.393 e. The van der Waals surface area contributed by atoms with E-state index in [2.05, 4.69) is 7.05 Å². The van der Waals surface area contributed by atoms with Gasteiger partial charge in [0.15, 0.2) is 6.73 Å². The van der Waals surface area contributed by atoms with Crippen LogP contribution in [0, 0.1) is 0 Å². The number of nitrogens with zero attached hydrogens (tertiary/aromatic N) is 1. The summed E-state index contributed by atoms with van der Waals surface area (Å²) in [5, 5.41) is 9.06. The van der Waals surface area contributed by atoms with Gasteiger partial charge in [-0.2, -0.15) is 0 Å². The number of ether oxygens (including phenoxy) is 1. The van der Waals surface area contributed by atoms with Crippen molar-refractivity contribution in [1.29, 1.82) is 0 Å². The standard InChI is InChI=1S/C11H22NO2/c1-12(7-11(8-13)14-9-12)10-5-3-2-4-6-10/h10-11,13H,2-9H2,1H3/q+1. The zero-order valence-corrected chi connectivity index (χ0v) is 9.11. The van der Waals surface area contributed by atoms with Gasteiger partial charge in [-0.3, -0.25) is 4.48 Å². The third-order valence-electron chi connectivity index (χ3n) is 3.89. The lowest BCUT2D eigenvalue weighted by atomic mass is 9.93. The van der Waals surface area contributed by atoms with Gasteiger partial charge in [0, 0.05) is 0 Å². The highest BCUT2D eigenvalue weighted by atomic mass is 16.5. The SMILES string of the molecule is C[N+]1(C2CCCCC2)COC(CO)C1. The molecule has 2 aliphatic rings. The quantitative estimate of drug-likeness (QED) is 0.677. The fourth-order valence-corrected chi connectivity index (χ4v) is 2.92. The summed E-state index contributed by atoms with van der Waals surface area (Å²) in [5.74, 6) is 0. The second kappa shape index (κ2) is 4.17. The lowest BCUT2D eigenvalue weighted by Crippen LogP contribution is -2.51. The Kier molecular flexibility index (Phi) is 3.10. The summed E-state index contributed by atoms with van der Waals surface area (Å²) in [5.41, 5.74) is 0. The molecule has 1 heterocycles. The molecule has 0 aromatic heterocycles. The van der Waals surface area contributed by atoms with E-state index in [9.17, 15) is 0 Å². The third kappa shape index (κ3) is 1.95. The second-order valence-corrected chi connectivity index (χ2v) is 5.05. The van der Waals surface area contributed by atoms with Crippen molar-refractivity contribution >= 4 is 0 Å². The van der Waals surface area contributed by atoms with Gasteiger partial charge in [0.25, 0.3) is 0 Å². The summed E-state index contributed by atoms with van der Waals surface area (Å²) in [7, 11) is 2.28. The molecular weight excluding hydrogens is 178 g/mol. The van der Waals surface area contributed by atoms with Crippen molar-refractivity contribution in [2.24, 2.45) is 0 Å². The van der Waals surface area contributed by atoms with Crippen LogP contribution in [0.15, 0.2) is 0 Å². The number of likely N-dealkylation sites (N-methyl/N-ethyl adjacent to an activating group) is 1. The van der Waals surface area contributed by atoms with E-state index in [0.717, 1.165) is 23.8 Å². The fraction of sp³-hybridized carbons (Fsp3) is 1.00. The zero-order valence-electron chi connectivity index (χ0n) is 9.11. The molecule has 1 saturated carbocycles. The van der Waals surface area contributed by atoms with Crippen LogP contribution in [0.1, 0.15) is 32.1 Å². The van der Waals surface area contributed by atoms with E-state index in [0.29, 0.717) is 0 Å². The van der Waals surface area contributed by atoms with Crippen LogP contribution in [0.5, 0.6) is 0 Å². The minimum atomic E-state index is 0.0851. The second-order valence-electron chi connectivity index (χ2n) is 5.05. The van der Waals surface area contributed by atoms with Crippen LogP contribution >= 0.6 is 0 Å². The molecule has 2 unspecified atom stereocenters. The summed E-state index contributed by atoms with van der Waals surface area (Å²) in [6.07, 6.45) is 6.93. The lowest BCUT2D eigenvalue weighted by Gasteiger charge is -2.38. The highest BCUT2D eigenvalue weighted by Crippen LogP contribution is 2.30. The first-order valence-electron chi connectivity index (χ1n) is 5.81. The smallest absolute Gasteiger partial charge is 0.183 e. The van der Waals surface area contributed by atoms with Crippen molar-refractivity contribution < 1.29 is 14.3 Å². The number of rotatable bonds is 2. The van der Waals surface area contributed by atoms with Crippen LogP contribution in [-0.2, 0) is 4.74 Å². The zero-order chi connectivity index (χ0) is 10.0. The largest absolute Gasteiger partial charge is 0.393 e. The van der Waals surface area contributed by atoms with Crippen molar-refractivity contribution in [2.75, 3.05) is 26.9 Å². The molecule has 14 heavy (non-hydrogen) atoms. The van der Waals surface area contributed by atoms with Crippen molar-refractivity contribution in [3.05, 3.63) is 0 Å². The van der Waals surface area contributed by atoms with E-state index in [4.69, 9.17) is 9.84 Å². The molecule has 0 aromatic rings. The van der Waals surface area contributed by atoms with Crippen molar-refractivity contribution in [2.45, 2.75) is 44.2 Å². The number of aliphatic hydroxyl groups excluding tert-OH is 1. The van der Waals surface area contributed by atoms with Crippen molar-refractivity contribution in [1.82, 2.24) is 0 Å². The molecule has 0 bridgehead atoms. The van der Waals surface area contributed by atoms with E-state index < -0.39 is 0 Å². The molecule has 3 nitrogen and oxygen atoms in total. The van der Waals surface area contributed by atoms with Crippen LogP contribution in [0.4, 0.5) is 0 Å². The van der Waals surface area contributed by atoms with Gasteiger partial charge in [-0.05, 0) is 25.7 Å². The molecule has 0 aromatic carbocycles. The Morgan fingerprint density at radius 3 is 2.57 bits per heavy atom. The molecule has 1 aliphatic heterocycles. The van der Waals surface area contributed by atoms with E-state index >= 15 is 0 Å². The molecular formula is C11H22NO2+. The van der Waals surface area contributed by atoms with Crippen LogP contribution in [0.2, 0.25) is 0 Å². The molecule has 1 N–H and O–H groups in total. The van der Waals surface area contributed by atoms with E-state index in [-0.39, 0.29) is 12.7 Å². The molecule has 2 fully saturated rings. The van der Waals surface area contributed by atoms with Gasteiger partial charge < -0.3 is 9.84 Å². The minimum absolute atomic E-state index is 0.0851. The van der Waals surface area contributed by atoms with Gasteiger partial charge in [-0.25, -0.2) is 0 Å². The Labute approximate surface area is 86.3 Å². The first kappa shape index (κ1) is 10.4. The Hall–Kier alpha value is -0.120. The maximum absolute atomic E-state index is 9.06. The summed E-state index contributed by atoms with van der Waals surface area (Å²) >= 11 is 0. The predicted octanol–water partition coefficient (Wildman–Crippen LogP) is 1.11. The first-order valence-corrected chi connectivity index (χ1v) is 5.81. The molecule has 0 radical (unpaired) electrons. The summed E-state index contributed by atoms with van der Waals surface area (Å²) in [6.45, 7) is 1.98. The molecule has 2 rings (SSSR count). The average Bonchev–Trinajstić information content (AvgIpc) is 2.63. The first-order chi connectivity index (χ1) is 6.74. The Balaban J connectivity index is 1.94. The van der Waals surface area contributed by atoms with Gasteiger partial charge in [0.05, 0.1) is 19.7 Å². The fourth-order valence-electron chi connectivity index (χ4n) is 2.92. The van der Waals surface area contributed by atoms with E-state index in [1.165, 1.54) is 32.1 Å². The van der Waals surface area contributed by atoms with Gasteiger partial charge >= 0.3 is 0 Å². The monoisotopic (exact) mass is 200 g/mol. The number of quaternary nitrogens is 1. The average molecular weight is 200 g/mol. The van der Waals surface area contributed by atoms with Gasteiger partial charge in [0.1, 0.15) is 12.6 Å². The number of hydrogen-bond acceptors (Lipinski definition) is 2. The van der Waals surface area contributed by atoms with Crippen LogP contribution in [0.3, 0.4) is 0 Å². The number of hydrogen-bond donors (Lipinski definition) is 1. The van der Waals surface area contributed by atoms with E-state index in [1.54, 1.807) is 0 Å². The topological polar surface area (TPSA) is 29.5 Å².